The van der Waals surface area contributed by atoms with Crippen molar-refractivity contribution in [1.29, 1.82) is 0 Å². The van der Waals surface area contributed by atoms with Crippen LogP contribution in [0.4, 0.5) is 16.3 Å². The summed E-state index contributed by atoms with van der Waals surface area (Å²) >= 11 is 0. The maximum absolute atomic E-state index is 12.5. The highest BCUT2D eigenvalue weighted by atomic mass is 16.6. The molecule has 1 aromatic heterocycles. The summed E-state index contributed by atoms with van der Waals surface area (Å²) in [6, 6.07) is 4.28. The first kappa shape index (κ1) is 21.2. The number of morpholine rings is 2. The molecule has 0 bridgehead atoms. The second kappa shape index (κ2) is 8.98. The Balaban J connectivity index is 1.38. The minimum Gasteiger partial charge on any atom is -0.444 e. The van der Waals surface area contributed by atoms with Crippen LogP contribution >= 0.6 is 0 Å². The number of nitrogens with one attached hydrogen (secondary N) is 1. The minimum atomic E-state index is -0.495. The summed E-state index contributed by atoms with van der Waals surface area (Å²) < 4.78 is 17.1. The smallest absolute Gasteiger partial charge is 0.410 e. The number of carbonyl (C=O) groups is 1. The molecule has 166 valence electrons. The van der Waals surface area contributed by atoms with Crippen molar-refractivity contribution >= 4 is 17.6 Å². The lowest BCUT2D eigenvalue weighted by molar-refractivity contribution is -0.0502. The Labute approximate surface area is 178 Å². The largest absolute Gasteiger partial charge is 0.444 e. The summed E-state index contributed by atoms with van der Waals surface area (Å²) in [5.74, 6) is 1.40. The second-order valence-electron chi connectivity index (χ2n) is 9.34. The molecular weight excluding hydrogens is 384 g/mol. The summed E-state index contributed by atoms with van der Waals surface area (Å²) in [7, 11) is 0. The molecule has 0 aromatic carbocycles. The second-order valence-corrected chi connectivity index (χ2v) is 9.34. The molecule has 1 aromatic rings. The normalized spacial score (nSPS) is 23.8. The molecular formula is C22H34N4O4. The van der Waals surface area contributed by atoms with E-state index in [-0.39, 0.29) is 18.2 Å². The van der Waals surface area contributed by atoms with Gasteiger partial charge in [0, 0.05) is 19.6 Å². The third-order valence-electron chi connectivity index (χ3n) is 5.71. The van der Waals surface area contributed by atoms with Crippen molar-refractivity contribution in [3.05, 3.63) is 18.3 Å². The van der Waals surface area contributed by atoms with Gasteiger partial charge in [-0.05, 0) is 51.7 Å². The Morgan fingerprint density at radius 3 is 2.60 bits per heavy atom. The van der Waals surface area contributed by atoms with Gasteiger partial charge in [0.25, 0.3) is 0 Å². The zero-order chi connectivity index (χ0) is 21.1. The van der Waals surface area contributed by atoms with Crippen LogP contribution in [0.5, 0.6) is 0 Å². The van der Waals surface area contributed by atoms with E-state index in [9.17, 15) is 4.79 Å². The topological polar surface area (TPSA) is 76.2 Å². The summed E-state index contributed by atoms with van der Waals surface area (Å²) in [5.41, 5.74) is 0.627. The van der Waals surface area contributed by atoms with Crippen LogP contribution in [0.3, 0.4) is 0 Å². The molecule has 1 amide bonds. The van der Waals surface area contributed by atoms with Gasteiger partial charge in [0.15, 0.2) is 0 Å². The van der Waals surface area contributed by atoms with E-state index in [4.69, 9.17) is 14.2 Å². The van der Waals surface area contributed by atoms with Crippen LogP contribution in [-0.2, 0) is 14.2 Å². The lowest BCUT2D eigenvalue weighted by atomic mass is 10.0. The van der Waals surface area contributed by atoms with E-state index >= 15 is 0 Å². The van der Waals surface area contributed by atoms with Crippen molar-refractivity contribution in [2.75, 3.05) is 56.2 Å². The number of nitrogens with zero attached hydrogens (tertiary/aromatic N) is 3. The Hall–Kier alpha value is -2.06. The van der Waals surface area contributed by atoms with Crippen LogP contribution in [0.15, 0.2) is 18.3 Å². The molecule has 1 N–H and O–H groups in total. The maximum Gasteiger partial charge on any atom is 0.410 e. The first-order chi connectivity index (χ1) is 14.4. The zero-order valence-electron chi connectivity index (χ0n) is 18.3. The summed E-state index contributed by atoms with van der Waals surface area (Å²) in [5, 5.41) is 3.59. The predicted octanol–water partition coefficient (Wildman–Crippen LogP) is 2.74. The molecule has 8 heteroatoms. The molecule has 3 aliphatic rings. The Morgan fingerprint density at radius 1 is 1.20 bits per heavy atom. The van der Waals surface area contributed by atoms with Crippen LogP contribution in [0.2, 0.25) is 0 Å². The van der Waals surface area contributed by atoms with Crippen LogP contribution in [-0.4, -0.2) is 79.7 Å². The Morgan fingerprint density at radius 2 is 1.97 bits per heavy atom. The number of hydrogen-bond donors (Lipinski definition) is 1. The Kier molecular flexibility index (Phi) is 6.34. The van der Waals surface area contributed by atoms with Crippen LogP contribution < -0.4 is 10.2 Å². The fraction of sp³-hybridized carbons (Fsp3) is 0.727. The number of hydrogen-bond acceptors (Lipinski definition) is 7. The highest BCUT2D eigenvalue weighted by molar-refractivity contribution is 5.68. The summed E-state index contributed by atoms with van der Waals surface area (Å²) in [6.07, 6.45) is 3.94. The van der Waals surface area contributed by atoms with Gasteiger partial charge < -0.3 is 29.3 Å². The highest BCUT2D eigenvalue weighted by Crippen LogP contribution is 2.37. The molecule has 0 unspecified atom stereocenters. The van der Waals surface area contributed by atoms with Crippen LogP contribution in [0, 0.1) is 5.92 Å². The van der Waals surface area contributed by atoms with E-state index in [0.717, 1.165) is 37.8 Å². The summed E-state index contributed by atoms with van der Waals surface area (Å²) in [6.45, 7) is 10.6. The van der Waals surface area contributed by atoms with E-state index in [0.29, 0.717) is 25.6 Å². The van der Waals surface area contributed by atoms with Gasteiger partial charge in [-0.2, -0.15) is 0 Å². The van der Waals surface area contributed by atoms with Gasteiger partial charge in [-0.3, -0.25) is 0 Å². The lowest BCUT2D eigenvalue weighted by Crippen LogP contribution is -2.53. The number of amides is 1. The average molecular weight is 419 g/mol. The third-order valence-corrected chi connectivity index (χ3v) is 5.71. The highest BCUT2D eigenvalue weighted by Gasteiger charge is 2.40. The van der Waals surface area contributed by atoms with Crippen molar-refractivity contribution in [2.24, 2.45) is 5.92 Å². The average Bonchev–Trinajstić information content (AvgIpc) is 3.57. The van der Waals surface area contributed by atoms with E-state index in [1.165, 1.54) is 12.8 Å². The van der Waals surface area contributed by atoms with E-state index in [2.05, 4.69) is 21.3 Å². The third kappa shape index (κ3) is 5.55. The molecule has 1 aliphatic carbocycles. The molecule has 3 fully saturated rings. The number of aromatic nitrogens is 1. The van der Waals surface area contributed by atoms with E-state index in [1.54, 1.807) is 4.90 Å². The number of pyridine rings is 1. The zero-order valence-corrected chi connectivity index (χ0v) is 18.3. The van der Waals surface area contributed by atoms with Crippen molar-refractivity contribution in [3.8, 4) is 0 Å². The van der Waals surface area contributed by atoms with E-state index < -0.39 is 5.60 Å². The van der Waals surface area contributed by atoms with Crippen molar-refractivity contribution in [2.45, 2.75) is 51.4 Å². The van der Waals surface area contributed by atoms with Gasteiger partial charge in [-0.15, -0.1) is 0 Å². The molecule has 0 spiro atoms. The minimum absolute atomic E-state index is 0.0699. The molecule has 8 nitrogen and oxygen atoms in total. The van der Waals surface area contributed by atoms with Crippen molar-refractivity contribution in [3.63, 3.8) is 0 Å². The molecule has 2 saturated heterocycles. The fourth-order valence-electron chi connectivity index (χ4n) is 4.01. The van der Waals surface area contributed by atoms with Crippen LogP contribution in [0.25, 0.3) is 0 Å². The maximum atomic E-state index is 12.5. The van der Waals surface area contributed by atoms with Gasteiger partial charge >= 0.3 is 6.09 Å². The first-order valence-corrected chi connectivity index (χ1v) is 11.0. The standard InChI is InChI=1S/C22H34N4O4/c1-22(2,3)30-21(27)26-10-13-29-18(15-26)20(16-4-5-16)24-19-7-6-17(14-23-19)25-8-11-28-12-9-25/h6-7,14,16,18,20H,4-5,8-13,15H2,1-3H3,(H,23,24)/t18-,20-/m1/s1. The van der Waals surface area contributed by atoms with E-state index in [1.807, 2.05) is 33.0 Å². The molecule has 4 rings (SSSR count). The quantitative estimate of drug-likeness (QED) is 0.788. The molecule has 2 aliphatic heterocycles. The predicted molar refractivity (Wildman–Crippen MR) is 115 cm³/mol. The molecule has 3 heterocycles. The van der Waals surface area contributed by atoms with Crippen molar-refractivity contribution < 1.29 is 19.0 Å². The van der Waals surface area contributed by atoms with Crippen molar-refractivity contribution in [1.82, 2.24) is 9.88 Å². The van der Waals surface area contributed by atoms with Crippen LogP contribution in [0.1, 0.15) is 33.6 Å². The van der Waals surface area contributed by atoms with Gasteiger partial charge in [0.2, 0.25) is 0 Å². The number of carbonyl (C=O) groups excluding carboxylic acids is 1. The van der Waals surface area contributed by atoms with Gasteiger partial charge in [0.1, 0.15) is 11.4 Å². The lowest BCUT2D eigenvalue weighted by Gasteiger charge is -2.38. The Bertz CT molecular complexity index is 711. The molecule has 2 atom stereocenters. The number of rotatable bonds is 5. The molecule has 30 heavy (non-hydrogen) atoms. The fourth-order valence-corrected chi connectivity index (χ4v) is 4.01. The molecule has 0 radical (unpaired) electrons. The van der Waals surface area contributed by atoms with Gasteiger partial charge in [0.05, 0.1) is 50.4 Å². The number of ether oxygens (including phenoxy) is 3. The first-order valence-electron chi connectivity index (χ1n) is 11.0. The summed E-state index contributed by atoms with van der Waals surface area (Å²) in [4.78, 5) is 21.2. The number of anilines is 2. The SMILES string of the molecule is CC(C)(C)OC(=O)N1CCO[C@@H]([C@H](Nc2ccc(N3CCOCC3)cn2)C2CC2)C1. The molecule has 1 saturated carbocycles. The monoisotopic (exact) mass is 418 g/mol. The van der Waals surface area contributed by atoms with Gasteiger partial charge in [-0.25, -0.2) is 9.78 Å². The van der Waals surface area contributed by atoms with Gasteiger partial charge in [-0.1, -0.05) is 0 Å².